The largest absolute Gasteiger partial charge is 0.482 e. The number of nitrogens with zero attached hydrogens (tertiary/aromatic N) is 1. The summed E-state index contributed by atoms with van der Waals surface area (Å²) in [5.41, 5.74) is -1.59. The van der Waals surface area contributed by atoms with Gasteiger partial charge in [-0.2, -0.15) is 13.2 Å². The van der Waals surface area contributed by atoms with E-state index in [9.17, 15) is 32.9 Å². The third kappa shape index (κ3) is 5.32. The van der Waals surface area contributed by atoms with Crippen LogP contribution in [0.15, 0.2) is 65.1 Å². The van der Waals surface area contributed by atoms with Gasteiger partial charge < -0.3 is 19.2 Å². The Balaban J connectivity index is 1.34. The van der Waals surface area contributed by atoms with Crippen molar-refractivity contribution in [1.29, 1.82) is 0 Å². The maximum absolute atomic E-state index is 13.2. The molecule has 0 spiro atoms. The number of amides is 1. The van der Waals surface area contributed by atoms with Crippen molar-refractivity contribution in [2.24, 2.45) is 0 Å². The molecule has 0 aliphatic heterocycles. The van der Waals surface area contributed by atoms with Crippen LogP contribution in [0.25, 0.3) is 21.9 Å². The standard InChI is InChI=1S/C23H15F3N2O7/c24-23(25,26)17-9-13(28(31)32)5-7-18(17)27-21(29)11-34-22(30)12-33-14-6-8-20-16(10-14)15-3-1-2-4-19(15)35-20/h1-10H,11-12H2,(H,27,29). The molecule has 1 N–H and O–H groups in total. The Morgan fingerprint density at radius 1 is 0.971 bits per heavy atom. The number of benzene rings is 3. The SMILES string of the molecule is O=C(COC(=O)COc1ccc2oc3ccccc3c2c1)Nc1ccc([N+](=O)[O-])cc1C(F)(F)F. The number of carbonyl (C=O) groups is 2. The second-order valence-electron chi connectivity index (χ2n) is 7.24. The summed E-state index contributed by atoms with van der Waals surface area (Å²) in [7, 11) is 0. The van der Waals surface area contributed by atoms with E-state index < -0.39 is 53.1 Å². The van der Waals surface area contributed by atoms with Crippen LogP contribution in [0.5, 0.6) is 5.75 Å². The summed E-state index contributed by atoms with van der Waals surface area (Å²) in [6.45, 7) is -1.44. The highest BCUT2D eigenvalue weighted by molar-refractivity contribution is 6.05. The van der Waals surface area contributed by atoms with Gasteiger partial charge >= 0.3 is 12.1 Å². The van der Waals surface area contributed by atoms with E-state index in [-0.39, 0.29) is 0 Å². The lowest BCUT2D eigenvalue weighted by Gasteiger charge is -2.13. The first-order valence-corrected chi connectivity index (χ1v) is 9.97. The number of furan rings is 1. The molecule has 3 aromatic carbocycles. The molecule has 4 rings (SSSR count). The Morgan fingerprint density at radius 3 is 2.46 bits per heavy atom. The van der Waals surface area contributed by atoms with E-state index in [1.165, 1.54) is 0 Å². The van der Waals surface area contributed by atoms with E-state index in [0.717, 1.165) is 22.9 Å². The molecule has 0 saturated carbocycles. The first kappa shape index (κ1) is 23.5. The number of nitro groups is 1. The molecule has 0 aliphatic carbocycles. The van der Waals surface area contributed by atoms with Gasteiger partial charge in [0.25, 0.3) is 11.6 Å². The first-order chi connectivity index (χ1) is 16.6. The molecular weight excluding hydrogens is 473 g/mol. The molecule has 0 radical (unpaired) electrons. The third-order valence-corrected chi connectivity index (χ3v) is 4.86. The summed E-state index contributed by atoms with van der Waals surface area (Å²) < 4.78 is 55.4. The fourth-order valence-corrected chi connectivity index (χ4v) is 3.30. The lowest BCUT2D eigenvalue weighted by atomic mass is 10.1. The van der Waals surface area contributed by atoms with E-state index in [4.69, 9.17) is 13.9 Å². The van der Waals surface area contributed by atoms with Crippen molar-refractivity contribution >= 4 is 45.2 Å². The van der Waals surface area contributed by atoms with Crippen molar-refractivity contribution in [2.45, 2.75) is 6.18 Å². The number of rotatable bonds is 7. The van der Waals surface area contributed by atoms with E-state index >= 15 is 0 Å². The molecule has 0 bridgehead atoms. The second kappa shape index (κ2) is 9.33. The van der Waals surface area contributed by atoms with Crippen LogP contribution in [0, 0.1) is 10.1 Å². The minimum Gasteiger partial charge on any atom is -0.482 e. The monoisotopic (exact) mass is 488 g/mol. The van der Waals surface area contributed by atoms with Crippen LogP contribution in [0.2, 0.25) is 0 Å². The molecule has 1 amide bonds. The van der Waals surface area contributed by atoms with E-state index in [1.54, 1.807) is 18.2 Å². The number of alkyl halides is 3. The van der Waals surface area contributed by atoms with Gasteiger partial charge in [0, 0.05) is 22.9 Å². The summed E-state index contributed by atoms with van der Waals surface area (Å²) in [6, 6.07) is 14.2. The predicted molar refractivity (Wildman–Crippen MR) is 117 cm³/mol. The highest BCUT2D eigenvalue weighted by Gasteiger charge is 2.35. The average Bonchev–Trinajstić information content (AvgIpc) is 3.19. The fraction of sp³-hybridized carbons (Fsp3) is 0.130. The van der Waals surface area contributed by atoms with Gasteiger partial charge in [-0.3, -0.25) is 14.9 Å². The van der Waals surface area contributed by atoms with Gasteiger partial charge in [-0.15, -0.1) is 0 Å². The maximum atomic E-state index is 13.2. The number of esters is 1. The number of carbonyl (C=O) groups excluding carboxylic acids is 2. The van der Waals surface area contributed by atoms with Crippen LogP contribution < -0.4 is 10.1 Å². The van der Waals surface area contributed by atoms with Crippen molar-refractivity contribution in [3.63, 3.8) is 0 Å². The van der Waals surface area contributed by atoms with Gasteiger partial charge in [-0.25, -0.2) is 4.79 Å². The molecule has 1 aromatic heterocycles. The topological polar surface area (TPSA) is 121 Å². The van der Waals surface area contributed by atoms with Gasteiger partial charge in [0.15, 0.2) is 13.2 Å². The molecule has 4 aromatic rings. The predicted octanol–water partition coefficient (Wildman–Crippen LogP) is 5.07. The summed E-state index contributed by atoms with van der Waals surface area (Å²) >= 11 is 0. The van der Waals surface area contributed by atoms with Gasteiger partial charge in [0.2, 0.25) is 0 Å². The lowest BCUT2D eigenvalue weighted by molar-refractivity contribution is -0.385. The molecule has 0 atom stereocenters. The van der Waals surface area contributed by atoms with Gasteiger partial charge in [0.05, 0.1) is 16.2 Å². The van der Waals surface area contributed by atoms with Crippen LogP contribution in [0.1, 0.15) is 5.56 Å². The number of anilines is 1. The highest BCUT2D eigenvalue weighted by atomic mass is 19.4. The number of ether oxygens (including phenoxy) is 2. The normalized spacial score (nSPS) is 11.4. The highest BCUT2D eigenvalue weighted by Crippen LogP contribution is 2.37. The number of hydrogen-bond acceptors (Lipinski definition) is 7. The van der Waals surface area contributed by atoms with Crippen LogP contribution in [-0.2, 0) is 20.5 Å². The Hall–Kier alpha value is -4.61. The summed E-state index contributed by atoms with van der Waals surface area (Å²) in [4.78, 5) is 33.7. The zero-order valence-electron chi connectivity index (χ0n) is 17.6. The van der Waals surface area contributed by atoms with Gasteiger partial charge in [-0.1, -0.05) is 18.2 Å². The number of halogens is 3. The maximum Gasteiger partial charge on any atom is 0.418 e. The zero-order valence-corrected chi connectivity index (χ0v) is 17.6. The lowest BCUT2D eigenvalue weighted by Crippen LogP contribution is -2.24. The van der Waals surface area contributed by atoms with E-state index in [0.29, 0.717) is 23.0 Å². The van der Waals surface area contributed by atoms with E-state index in [1.807, 2.05) is 29.6 Å². The number of hydrogen-bond donors (Lipinski definition) is 1. The number of nitrogens with one attached hydrogen (secondary N) is 1. The molecule has 180 valence electrons. The number of nitro benzene ring substituents is 1. The molecule has 0 unspecified atom stereocenters. The van der Waals surface area contributed by atoms with Crippen LogP contribution in [-0.4, -0.2) is 30.0 Å². The summed E-state index contributed by atoms with van der Waals surface area (Å²) in [5, 5.41) is 14.3. The average molecular weight is 488 g/mol. The third-order valence-electron chi connectivity index (χ3n) is 4.86. The number of fused-ring (bicyclic) bond motifs is 3. The molecule has 12 heteroatoms. The van der Waals surface area contributed by atoms with Crippen LogP contribution in [0.3, 0.4) is 0 Å². The Kier molecular flexibility index (Phi) is 6.28. The Bertz CT molecular complexity index is 1450. The fourth-order valence-electron chi connectivity index (χ4n) is 3.30. The summed E-state index contributed by atoms with van der Waals surface area (Å²) in [5.74, 6) is -1.66. The van der Waals surface area contributed by atoms with Crippen LogP contribution >= 0.6 is 0 Å². The minimum atomic E-state index is -4.96. The number of para-hydroxylation sites is 1. The van der Waals surface area contributed by atoms with Crippen molar-refractivity contribution in [2.75, 3.05) is 18.5 Å². The van der Waals surface area contributed by atoms with E-state index in [2.05, 4.69) is 0 Å². The molecular formula is C23H15F3N2O7. The van der Waals surface area contributed by atoms with Crippen molar-refractivity contribution in [3.05, 3.63) is 76.3 Å². The molecule has 0 aliphatic rings. The van der Waals surface area contributed by atoms with Crippen LogP contribution in [0.4, 0.5) is 24.5 Å². The Labute approximate surface area is 194 Å². The quantitative estimate of drug-likeness (QED) is 0.219. The summed E-state index contributed by atoms with van der Waals surface area (Å²) in [6.07, 6.45) is -4.96. The molecule has 35 heavy (non-hydrogen) atoms. The molecule has 0 fully saturated rings. The van der Waals surface area contributed by atoms with Gasteiger partial charge in [-0.05, 0) is 30.3 Å². The van der Waals surface area contributed by atoms with Crippen molar-refractivity contribution in [3.8, 4) is 5.75 Å². The molecule has 1 heterocycles. The first-order valence-electron chi connectivity index (χ1n) is 9.97. The Morgan fingerprint density at radius 2 is 1.71 bits per heavy atom. The molecule has 0 saturated heterocycles. The molecule has 9 nitrogen and oxygen atoms in total. The van der Waals surface area contributed by atoms with Crippen molar-refractivity contribution < 1.29 is 41.6 Å². The van der Waals surface area contributed by atoms with Crippen molar-refractivity contribution in [1.82, 2.24) is 0 Å². The number of non-ortho nitro benzene ring substituents is 1. The van der Waals surface area contributed by atoms with Gasteiger partial charge in [0.1, 0.15) is 16.9 Å². The smallest absolute Gasteiger partial charge is 0.418 e. The zero-order chi connectivity index (χ0) is 25.2. The minimum absolute atomic E-state index is 0.301. The second-order valence-corrected chi connectivity index (χ2v) is 7.24.